The standard InChI is InChI=1S/C15H22N2O2/c1-11(2)16-8-9-17(15(16)19)14-7-5-4-6-13(14)10-12(3)18/h4-7,11-12,18H,8-10H2,1-3H3. The van der Waals surface area contributed by atoms with E-state index in [-0.39, 0.29) is 12.1 Å². The topological polar surface area (TPSA) is 43.8 Å². The Kier molecular flexibility index (Phi) is 4.10. The van der Waals surface area contributed by atoms with E-state index in [9.17, 15) is 9.90 Å². The first-order valence-corrected chi connectivity index (χ1v) is 6.85. The Balaban J connectivity index is 2.25. The van der Waals surface area contributed by atoms with E-state index in [1.54, 1.807) is 6.92 Å². The molecule has 1 aromatic carbocycles. The molecule has 2 amide bonds. The summed E-state index contributed by atoms with van der Waals surface area (Å²) < 4.78 is 0. The normalized spacial score (nSPS) is 17.4. The number of amides is 2. The summed E-state index contributed by atoms with van der Waals surface area (Å²) in [5.74, 6) is 0. The van der Waals surface area contributed by atoms with Crippen molar-refractivity contribution in [1.82, 2.24) is 4.90 Å². The molecular formula is C15H22N2O2. The van der Waals surface area contributed by atoms with Gasteiger partial charge in [-0.15, -0.1) is 0 Å². The molecule has 1 aliphatic heterocycles. The SMILES string of the molecule is CC(O)Cc1ccccc1N1CCN(C(C)C)C1=O. The zero-order chi connectivity index (χ0) is 14.0. The number of para-hydroxylation sites is 1. The summed E-state index contributed by atoms with van der Waals surface area (Å²) in [6, 6.07) is 8.11. The van der Waals surface area contributed by atoms with Gasteiger partial charge in [-0.1, -0.05) is 18.2 Å². The maximum atomic E-state index is 12.4. The van der Waals surface area contributed by atoms with Gasteiger partial charge in [-0.3, -0.25) is 4.90 Å². The molecule has 1 atom stereocenters. The van der Waals surface area contributed by atoms with Gasteiger partial charge >= 0.3 is 6.03 Å². The highest BCUT2D eigenvalue weighted by atomic mass is 16.3. The molecule has 19 heavy (non-hydrogen) atoms. The number of nitrogens with zero attached hydrogens (tertiary/aromatic N) is 2. The highest BCUT2D eigenvalue weighted by molar-refractivity contribution is 5.95. The van der Waals surface area contributed by atoms with Gasteiger partial charge in [0, 0.05) is 31.2 Å². The first kappa shape index (κ1) is 13.9. The molecule has 0 bridgehead atoms. The molecular weight excluding hydrogens is 240 g/mol. The third-order valence-corrected chi connectivity index (χ3v) is 3.46. The molecule has 1 aromatic rings. The minimum absolute atomic E-state index is 0.0630. The van der Waals surface area contributed by atoms with Gasteiger partial charge in [0.25, 0.3) is 0 Å². The molecule has 1 saturated heterocycles. The summed E-state index contributed by atoms with van der Waals surface area (Å²) in [7, 11) is 0. The molecule has 0 saturated carbocycles. The summed E-state index contributed by atoms with van der Waals surface area (Å²) in [6.07, 6.45) is 0.168. The molecule has 0 aliphatic carbocycles. The van der Waals surface area contributed by atoms with E-state index in [2.05, 4.69) is 0 Å². The summed E-state index contributed by atoms with van der Waals surface area (Å²) >= 11 is 0. The second-order valence-electron chi connectivity index (χ2n) is 5.40. The fourth-order valence-electron chi connectivity index (χ4n) is 2.52. The van der Waals surface area contributed by atoms with Crippen molar-refractivity contribution < 1.29 is 9.90 Å². The van der Waals surface area contributed by atoms with E-state index in [1.807, 2.05) is 47.9 Å². The Morgan fingerprint density at radius 1 is 1.21 bits per heavy atom. The van der Waals surface area contributed by atoms with E-state index < -0.39 is 6.10 Å². The van der Waals surface area contributed by atoms with Crippen LogP contribution in [0.5, 0.6) is 0 Å². The van der Waals surface area contributed by atoms with Crippen LogP contribution in [-0.4, -0.2) is 41.3 Å². The second kappa shape index (κ2) is 5.61. The van der Waals surface area contributed by atoms with Crippen LogP contribution < -0.4 is 4.90 Å². The first-order valence-electron chi connectivity index (χ1n) is 6.85. The fraction of sp³-hybridized carbons (Fsp3) is 0.533. The Hall–Kier alpha value is -1.55. The maximum absolute atomic E-state index is 12.4. The zero-order valence-corrected chi connectivity index (χ0v) is 11.8. The monoisotopic (exact) mass is 262 g/mol. The van der Waals surface area contributed by atoms with Gasteiger partial charge < -0.3 is 10.0 Å². The molecule has 0 radical (unpaired) electrons. The average Bonchev–Trinajstić information content (AvgIpc) is 2.71. The zero-order valence-electron chi connectivity index (χ0n) is 11.8. The smallest absolute Gasteiger partial charge is 0.324 e. The molecule has 1 fully saturated rings. The summed E-state index contributed by atoms with van der Waals surface area (Å²) in [5, 5.41) is 9.57. The number of benzene rings is 1. The van der Waals surface area contributed by atoms with Gasteiger partial charge in [0.05, 0.1) is 6.10 Å². The van der Waals surface area contributed by atoms with Crippen molar-refractivity contribution in [3.05, 3.63) is 29.8 Å². The van der Waals surface area contributed by atoms with Crippen molar-refractivity contribution in [2.75, 3.05) is 18.0 Å². The van der Waals surface area contributed by atoms with Gasteiger partial charge in [-0.05, 0) is 32.4 Å². The minimum Gasteiger partial charge on any atom is -0.393 e. The molecule has 1 aliphatic rings. The molecule has 4 nitrogen and oxygen atoms in total. The number of hydrogen-bond donors (Lipinski definition) is 1. The molecule has 104 valence electrons. The summed E-state index contributed by atoms with van der Waals surface area (Å²) in [5.41, 5.74) is 1.95. The van der Waals surface area contributed by atoms with E-state index >= 15 is 0 Å². The van der Waals surface area contributed by atoms with Crippen LogP contribution in [0, 0.1) is 0 Å². The third-order valence-electron chi connectivity index (χ3n) is 3.46. The van der Waals surface area contributed by atoms with Crippen LogP contribution in [0.3, 0.4) is 0 Å². The molecule has 0 aromatic heterocycles. The lowest BCUT2D eigenvalue weighted by molar-refractivity contribution is 0.195. The van der Waals surface area contributed by atoms with Crippen molar-refractivity contribution in [2.45, 2.75) is 39.3 Å². The van der Waals surface area contributed by atoms with Crippen LogP contribution in [0.1, 0.15) is 26.3 Å². The quantitative estimate of drug-likeness (QED) is 0.904. The number of hydrogen-bond acceptors (Lipinski definition) is 2. The number of anilines is 1. The van der Waals surface area contributed by atoms with Crippen LogP contribution in [0.15, 0.2) is 24.3 Å². The van der Waals surface area contributed by atoms with Crippen molar-refractivity contribution >= 4 is 11.7 Å². The Morgan fingerprint density at radius 3 is 2.47 bits per heavy atom. The summed E-state index contributed by atoms with van der Waals surface area (Å²) in [6.45, 7) is 7.31. The van der Waals surface area contributed by atoms with Crippen LogP contribution >= 0.6 is 0 Å². The van der Waals surface area contributed by atoms with Crippen molar-refractivity contribution in [2.24, 2.45) is 0 Å². The van der Waals surface area contributed by atoms with E-state index in [4.69, 9.17) is 0 Å². The largest absolute Gasteiger partial charge is 0.393 e. The lowest BCUT2D eigenvalue weighted by Gasteiger charge is -2.23. The highest BCUT2D eigenvalue weighted by Crippen LogP contribution is 2.26. The number of aliphatic hydroxyl groups is 1. The molecule has 1 N–H and O–H groups in total. The summed E-state index contributed by atoms with van der Waals surface area (Å²) in [4.78, 5) is 16.1. The van der Waals surface area contributed by atoms with Gasteiger partial charge in [0.15, 0.2) is 0 Å². The number of carbonyl (C=O) groups is 1. The predicted molar refractivity (Wildman–Crippen MR) is 76.4 cm³/mol. The number of aliphatic hydroxyl groups excluding tert-OH is 1. The van der Waals surface area contributed by atoms with Gasteiger partial charge in [-0.25, -0.2) is 4.79 Å². The van der Waals surface area contributed by atoms with E-state index in [0.717, 1.165) is 17.8 Å². The Labute approximate surface area is 114 Å². The lowest BCUT2D eigenvalue weighted by atomic mass is 10.1. The highest BCUT2D eigenvalue weighted by Gasteiger charge is 2.32. The lowest BCUT2D eigenvalue weighted by Crippen LogP contribution is -2.36. The molecule has 2 rings (SSSR count). The number of urea groups is 1. The van der Waals surface area contributed by atoms with E-state index in [1.165, 1.54) is 0 Å². The van der Waals surface area contributed by atoms with Gasteiger partial charge in [0.1, 0.15) is 0 Å². The molecule has 0 spiro atoms. The Morgan fingerprint density at radius 2 is 1.89 bits per heavy atom. The fourth-order valence-corrected chi connectivity index (χ4v) is 2.52. The third kappa shape index (κ3) is 2.89. The van der Waals surface area contributed by atoms with Crippen LogP contribution in [0.2, 0.25) is 0 Å². The average molecular weight is 262 g/mol. The molecule has 1 heterocycles. The Bertz CT molecular complexity index is 457. The maximum Gasteiger partial charge on any atom is 0.324 e. The van der Waals surface area contributed by atoms with Crippen LogP contribution in [-0.2, 0) is 6.42 Å². The second-order valence-corrected chi connectivity index (χ2v) is 5.40. The predicted octanol–water partition coefficient (Wildman–Crippen LogP) is 2.26. The number of rotatable bonds is 4. The first-order chi connectivity index (χ1) is 9.00. The van der Waals surface area contributed by atoms with Crippen molar-refractivity contribution in [3.8, 4) is 0 Å². The minimum atomic E-state index is -0.403. The van der Waals surface area contributed by atoms with Crippen molar-refractivity contribution in [1.29, 1.82) is 0 Å². The van der Waals surface area contributed by atoms with Gasteiger partial charge in [0.2, 0.25) is 0 Å². The van der Waals surface area contributed by atoms with Crippen LogP contribution in [0.25, 0.3) is 0 Å². The van der Waals surface area contributed by atoms with Gasteiger partial charge in [-0.2, -0.15) is 0 Å². The van der Waals surface area contributed by atoms with Crippen molar-refractivity contribution in [3.63, 3.8) is 0 Å². The number of carbonyl (C=O) groups excluding carboxylic acids is 1. The van der Waals surface area contributed by atoms with E-state index in [0.29, 0.717) is 13.0 Å². The molecule has 4 heteroatoms. The van der Waals surface area contributed by atoms with Crippen LogP contribution in [0.4, 0.5) is 10.5 Å². The molecule has 1 unspecified atom stereocenters.